The average Bonchev–Trinajstić information content (AvgIpc) is 3.61. The van der Waals surface area contributed by atoms with Crippen LogP contribution in [0.3, 0.4) is 0 Å². The Morgan fingerprint density at radius 2 is 2.00 bits per heavy atom. The molecule has 1 aliphatic heterocycles. The molecule has 0 fully saturated rings. The summed E-state index contributed by atoms with van der Waals surface area (Å²) in [7, 11) is 0. The standard InChI is InChI=1S/C24H18ClF2N9O/c1-11-6-17(24-31-22(23(27)32-24)12-2-5-18(28)29-9-12)36-16(11)7-13(8-19(36)37)20-15(35-10-30-33-34-35)4-3-14(25)21(20)26/h2-5,7-11,17H,6H2,1H3,(H2,28,29)(H,31,32)/t11-,17?/m0/s1. The highest BCUT2D eigenvalue weighted by Crippen LogP contribution is 2.41. The molecule has 3 N–H and O–H groups in total. The van der Waals surface area contributed by atoms with Gasteiger partial charge in [0.25, 0.3) is 5.56 Å². The van der Waals surface area contributed by atoms with E-state index in [0.29, 0.717) is 40.6 Å². The van der Waals surface area contributed by atoms with E-state index < -0.39 is 23.4 Å². The van der Waals surface area contributed by atoms with E-state index >= 15 is 4.39 Å². The summed E-state index contributed by atoms with van der Waals surface area (Å²) < 4.78 is 33.0. The molecule has 1 unspecified atom stereocenters. The van der Waals surface area contributed by atoms with Gasteiger partial charge in [0.05, 0.1) is 16.8 Å². The van der Waals surface area contributed by atoms with Gasteiger partial charge in [0.2, 0.25) is 5.95 Å². The third-order valence-corrected chi connectivity index (χ3v) is 6.81. The lowest BCUT2D eigenvalue weighted by atomic mass is 9.99. The largest absolute Gasteiger partial charge is 0.384 e. The molecule has 37 heavy (non-hydrogen) atoms. The van der Waals surface area contributed by atoms with Crippen LogP contribution in [0.1, 0.15) is 36.8 Å². The lowest BCUT2D eigenvalue weighted by molar-refractivity contribution is 0.538. The molecule has 0 spiro atoms. The number of tetrazole rings is 1. The number of fused-ring (bicyclic) bond motifs is 1. The number of halogens is 3. The summed E-state index contributed by atoms with van der Waals surface area (Å²) in [5.41, 5.74) is 7.27. The molecule has 0 saturated heterocycles. The van der Waals surface area contributed by atoms with E-state index in [1.165, 1.54) is 29.3 Å². The molecule has 5 aromatic rings. The third-order valence-electron chi connectivity index (χ3n) is 6.52. The Balaban J connectivity index is 1.46. The van der Waals surface area contributed by atoms with Crippen LogP contribution in [0.2, 0.25) is 5.02 Å². The number of benzene rings is 1. The number of nitrogens with zero attached hydrogens (tertiary/aromatic N) is 7. The number of aromatic nitrogens is 8. The van der Waals surface area contributed by atoms with Crippen LogP contribution in [0.5, 0.6) is 0 Å². The Bertz CT molecular complexity index is 1700. The molecule has 1 aromatic carbocycles. The van der Waals surface area contributed by atoms with Crippen LogP contribution in [-0.2, 0) is 0 Å². The van der Waals surface area contributed by atoms with Crippen LogP contribution in [0.25, 0.3) is 28.1 Å². The second kappa shape index (κ2) is 8.59. The van der Waals surface area contributed by atoms with Gasteiger partial charge in [-0.15, -0.1) is 5.10 Å². The maximum atomic E-state index is 15.3. The quantitative estimate of drug-likeness (QED) is 0.366. The van der Waals surface area contributed by atoms with Gasteiger partial charge in [0, 0.05) is 29.1 Å². The minimum absolute atomic E-state index is 0.0955. The number of aromatic amines is 1. The second-order valence-corrected chi connectivity index (χ2v) is 9.21. The Hall–Kier alpha value is -4.45. The van der Waals surface area contributed by atoms with Crippen molar-refractivity contribution in [1.29, 1.82) is 0 Å². The Labute approximate surface area is 212 Å². The summed E-state index contributed by atoms with van der Waals surface area (Å²) >= 11 is 6.08. The second-order valence-electron chi connectivity index (χ2n) is 8.80. The van der Waals surface area contributed by atoms with E-state index in [1.807, 2.05) is 6.92 Å². The van der Waals surface area contributed by atoms with Gasteiger partial charge in [-0.25, -0.2) is 14.4 Å². The number of imidazole rings is 1. The number of hydrogen-bond acceptors (Lipinski definition) is 7. The Morgan fingerprint density at radius 3 is 2.73 bits per heavy atom. The maximum absolute atomic E-state index is 15.3. The first-order chi connectivity index (χ1) is 17.8. The zero-order chi connectivity index (χ0) is 25.8. The zero-order valence-corrected chi connectivity index (χ0v) is 20.0. The number of pyridine rings is 2. The van der Waals surface area contributed by atoms with E-state index in [2.05, 4.69) is 30.5 Å². The summed E-state index contributed by atoms with van der Waals surface area (Å²) in [4.78, 5) is 24.5. The van der Waals surface area contributed by atoms with Crippen LogP contribution in [0.4, 0.5) is 14.6 Å². The first-order valence-electron chi connectivity index (χ1n) is 11.3. The molecule has 186 valence electrons. The van der Waals surface area contributed by atoms with Gasteiger partial charge in [-0.3, -0.25) is 4.79 Å². The number of anilines is 1. The van der Waals surface area contributed by atoms with Crippen molar-refractivity contribution in [2.24, 2.45) is 0 Å². The smallest absolute Gasteiger partial charge is 0.252 e. The third kappa shape index (κ3) is 3.76. The summed E-state index contributed by atoms with van der Waals surface area (Å²) in [5.74, 6) is -0.904. The SMILES string of the molecule is C[C@H]1CC(c2nc(F)c(-c3ccc(N)nc3)[nH]2)n2c1cc(-c1c(-n3cnnn3)ccc(Cl)c1F)cc2=O. The summed E-state index contributed by atoms with van der Waals surface area (Å²) in [6.45, 7) is 1.94. The summed E-state index contributed by atoms with van der Waals surface area (Å²) in [6.07, 6.45) is 3.26. The minimum atomic E-state index is -0.709. The van der Waals surface area contributed by atoms with Crippen molar-refractivity contribution in [3.63, 3.8) is 0 Å². The molecular weight excluding hydrogens is 504 g/mol. The van der Waals surface area contributed by atoms with E-state index in [0.717, 1.165) is 0 Å². The van der Waals surface area contributed by atoms with E-state index in [4.69, 9.17) is 17.3 Å². The molecule has 10 nitrogen and oxygen atoms in total. The van der Waals surface area contributed by atoms with Gasteiger partial charge in [-0.05, 0) is 58.7 Å². The lowest BCUT2D eigenvalue weighted by Gasteiger charge is -2.15. The molecule has 6 rings (SSSR count). The highest BCUT2D eigenvalue weighted by Gasteiger charge is 2.34. The van der Waals surface area contributed by atoms with Gasteiger partial charge in [0.15, 0.2) is 5.82 Å². The van der Waals surface area contributed by atoms with Crippen LogP contribution in [0, 0.1) is 11.8 Å². The molecule has 0 radical (unpaired) electrons. The highest BCUT2D eigenvalue weighted by atomic mass is 35.5. The molecule has 1 aliphatic rings. The minimum Gasteiger partial charge on any atom is -0.384 e. The van der Waals surface area contributed by atoms with Crippen LogP contribution >= 0.6 is 11.6 Å². The summed E-state index contributed by atoms with van der Waals surface area (Å²) in [5, 5.41) is 11.0. The number of nitrogen functional groups attached to an aromatic ring is 1. The molecule has 0 aliphatic carbocycles. The predicted octanol–water partition coefficient (Wildman–Crippen LogP) is 3.89. The van der Waals surface area contributed by atoms with Gasteiger partial charge >= 0.3 is 0 Å². The van der Waals surface area contributed by atoms with Crippen LogP contribution in [-0.4, -0.2) is 39.7 Å². The van der Waals surface area contributed by atoms with E-state index in [1.54, 1.807) is 28.8 Å². The molecule has 4 aromatic heterocycles. The van der Waals surface area contributed by atoms with Crippen molar-refractivity contribution < 1.29 is 8.78 Å². The molecule has 5 heterocycles. The highest BCUT2D eigenvalue weighted by molar-refractivity contribution is 6.31. The number of nitrogens with two attached hydrogens (primary N) is 1. The Kier molecular flexibility index (Phi) is 5.33. The maximum Gasteiger partial charge on any atom is 0.252 e. The van der Waals surface area contributed by atoms with E-state index in [-0.39, 0.29) is 22.2 Å². The fourth-order valence-electron chi connectivity index (χ4n) is 4.80. The lowest BCUT2D eigenvalue weighted by Crippen LogP contribution is -2.24. The molecular formula is C24H18ClF2N9O. The normalized spacial score (nSPS) is 16.8. The van der Waals surface area contributed by atoms with Gasteiger partial charge in [-0.1, -0.05) is 18.5 Å². The topological polar surface area (TPSA) is 133 Å². The Morgan fingerprint density at radius 1 is 1.16 bits per heavy atom. The fourth-order valence-corrected chi connectivity index (χ4v) is 4.96. The monoisotopic (exact) mass is 521 g/mol. The average molecular weight is 522 g/mol. The fraction of sp³-hybridized carbons (Fsp3) is 0.167. The van der Waals surface area contributed by atoms with Crippen molar-refractivity contribution in [2.45, 2.75) is 25.3 Å². The first kappa shape index (κ1) is 23.0. The van der Waals surface area contributed by atoms with Crippen molar-refractivity contribution in [3.05, 3.63) is 87.6 Å². The molecule has 13 heteroatoms. The number of rotatable bonds is 4. The first-order valence-corrected chi connectivity index (χ1v) is 11.6. The number of H-pyrrole nitrogens is 1. The molecule has 0 bridgehead atoms. The summed E-state index contributed by atoms with van der Waals surface area (Å²) in [6, 6.07) is 8.68. The van der Waals surface area contributed by atoms with Crippen LogP contribution in [0.15, 0.2) is 53.7 Å². The van der Waals surface area contributed by atoms with Crippen molar-refractivity contribution in [2.75, 3.05) is 5.73 Å². The number of hydrogen-bond donors (Lipinski definition) is 2. The van der Waals surface area contributed by atoms with E-state index in [9.17, 15) is 9.18 Å². The molecule has 2 atom stereocenters. The molecule has 0 amide bonds. The number of nitrogens with one attached hydrogen (secondary N) is 1. The van der Waals surface area contributed by atoms with Gasteiger partial charge in [0.1, 0.15) is 23.7 Å². The van der Waals surface area contributed by atoms with Crippen molar-refractivity contribution in [3.8, 4) is 28.1 Å². The van der Waals surface area contributed by atoms with Crippen molar-refractivity contribution >= 4 is 17.4 Å². The van der Waals surface area contributed by atoms with Crippen LogP contribution < -0.4 is 11.3 Å². The molecule has 0 saturated carbocycles. The van der Waals surface area contributed by atoms with Gasteiger partial charge in [-0.2, -0.15) is 9.07 Å². The van der Waals surface area contributed by atoms with Gasteiger partial charge < -0.3 is 15.3 Å². The zero-order valence-electron chi connectivity index (χ0n) is 19.2. The predicted molar refractivity (Wildman–Crippen MR) is 131 cm³/mol. The van der Waals surface area contributed by atoms with Crippen molar-refractivity contribution in [1.82, 2.24) is 39.7 Å².